The molecule has 0 fully saturated rings. The van der Waals surface area contributed by atoms with E-state index in [2.05, 4.69) is 17.4 Å². The zero-order valence-corrected chi connectivity index (χ0v) is 20.1. The third-order valence-electron chi connectivity index (χ3n) is 5.59. The van der Waals surface area contributed by atoms with E-state index in [-0.39, 0.29) is 29.9 Å². The summed E-state index contributed by atoms with van der Waals surface area (Å²) in [5.41, 5.74) is 3.22. The third-order valence-corrected chi connectivity index (χ3v) is 7.45. The van der Waals surface area contributed by atoms with Crippen LogP contribution in [0.15, 0.2) is 89.8 Å². The van der Waals surface area contributed by atoms with Gasteiger partial charge in [-0.15, -0.1) is 0 Å². The summed E-state index contributed by atoms with van der Waals surface area (Å²) in [7, 11) is -3.80. The van der Waals surface area contributed by atoms with Gasteiger partial charge in [-0.25, -0.2) is 8.42 Å². The van der Waals surface area contributed by atoms with E-state index in [1.165, 1.54) is 9.87 Å². The minimum atomic E-state index is -3.80. The van der Waals surface area contributed by atoms with E-state index in [9.17, 15) is 13.2 Å². The van der Waals surface area contributed by atoms with Crippen molar-refractivity contribution in [3.8, 4) is 0 Å². The van der Waals surface area contributed by atoms with Crippen LogP contribution in [-0.4, -0.2) is 37.8 Å². The summed E-state index contributed by atoms with van der Waals surface area (Å²) in [6, 6.07) is 26.5. The van der Waals surface area contributed by atoms with E-state index >= 15 is 0 Å². The molecule has 1 amide bonds. The molecule has 3 rings (SSSR count). The number of sulfonamides is 1. The Morgan fingerprint density at radius 1 is 0.848 bits per heavy atom. The number of hydrogen-bond acceptors (Lipinski definition) is 3. The second kappa shape index (κ2) is 11.8. The van der Waals surface area contributed by atoms with Crippen LogP contribution in [0.2, 0.25) is 0 Å². The quantitative estimate of drug-likeness (QED) is 0.458. The van der Waals surface area contributed by atoms with E-state index < -0.39 is 10.0 Å². The lowest BCUT2D eigenvalue weighted by molar-refractivity contribution is -0.121. The van der Waals surface area contributed by atoms with Crippen molar-refractivity contribution in [1.82, 2.24) is 9.62 Å². The fourth-order valence-corrected chi connectivity index (χ4v) is 5.02. The molecule has 1 N–H and O–H groups in total. The van der Waals surface area contributed by atoms with Crippen LogP contribution >= 0.6 is 0 Å². The average Bonchev–Trinajstić information content (AvgIpc) is 2.82. The third kappa shape index (κ3) is 7.55. The number of rotatable bonds is 11. The molecule has 5 nitrogen and oxygen atoms in total. The Kier molecular flexibility index (Phi) is 8.80. The number of nitrogens with one attached hydrogen (secondary N) is 1. The standard InChI is InChI=1S/C27H32N2O3S/c1-22-13-17-26(18-14-22)33(31,32)29(20-19-25-11-7-4-8-12-25)21-27(30)28-23(2)15-16-24-9-5-3-6-10-24/h3-14,17-18,23H,15-16,19-21H2,1-2H3,(H,28,30)/t23-/m1/s1. The van der Waals surface area contributed by atoms with Gasteiger partial charge in [0.05, 0.1) is 11.4 Å². The van der Waals surface area contributed by atoms with Gasteiger partial charge in [-0.2, -0.15) is 4.31 Å². The van der Waals surface area contributed by atoms with Crippen LogP contribution in [-0.2, 0) is 27.7 Å². The monoisotopic (exact) mass is 464 g/mol. The normalized spacial score (nSPS) is 12.5. The molecule has 0 saturated heterocycles. The Hall–Kier alpha value is -2.96. The number of carbonyl (C=O) groups is 1. The van der Waals surface area contributed by atoms with Crippen molar-refractivity contribution >= 4 is 15.9 Å². The zero-order valence-electron chi connectivity index (χ0n) is 19.3. The Labute approximate surface area is 197 Å². The highest BCUT2D eigenvalue weighted by atomic mass is 32.2. The van der Waals surface area contributed by atoms with Crippen molar-refractivity contribution in [2.75, 3.05) is 13.1 Å². The molecular formula is C27H32N2O3S. The Morgan fingerprint density at radius 2 is 1.39 bits per heavy atom. The molecule has 3 aromatic rings. The van der Waals surface area contributed by atoms with E-state index in [4.69, 9.17) is 0 Å². The van der Waals surface area contributed by atoms with Crippen molar-refractivity contribution in [2.45, 2.75) is 44.0 Å². The number of nitrogens with zero attached hydrogens (tertiary/aromatic N) is 1. The highest BCUT2D eigenvalue weighted by Crippen LogP contribution is 2.17. The predicted molar refractivity (Wildman–Crippen MR) is 132 cm³/mol. The minimum absolute atomic E-state index is 0.0595. The SMILES string of the molecule is Cc1ccc(S(=O)(=O)N(CCc2ccccc2)CC(=O)N[C@H](C)CCc2ccccc2)cc1. The van der Waals surface area contributed by atoms with Crippen molar-refractivity contribution in [2.24, 2.45) is 0 Å². The molecule has 0 spiro atoms. The number of carbonyl (C=O) groups excluding carboxylic acids is 1. The maximum Gasteiger partial charge on any atom is 0.243 e. The van der Waals surface area contributed by atoms with Crippen molar-refractivity contribution in [1.29, 1.82) is 0 Å². The first kappa shape index (κ1) is 24.7. The van der Waals surface area contributed by atoms with Gasteiger partial charge in [-0.3, -0.25) is 4.79 Å². The molecule has 0 heterocycles. The van der Waals surface area contributed by atoms with E-state index in [1.54, 1.807) is 24.3 Å². The molecule has 0 aliphatic carbocycles. The van der Waals surface area contributed by atoms with Gasteiger partial charge in [0, 0.05) is 12.6 Å². The van der Waals surface area contributed by atoms with Crippen LogP contribution < -0.4 is 5.32 Å². The maximum absolute atomic E-state index is 13.3. The summed E-state index contributed by atoms with van der Waals surface area (Å²) in [6.45, 7) is 3.88. The van der Waals surface area contributed by atoms with Crippen molar-refractivity contribution in [3.05, 3.63) is 102 Å². The lowest BCUT2D eigenvalue weighted by atomic mass is 10.1. The van der Waals surface area contributed by atoms with Gasteiger partial charge in [-0.05, 0) is 56.4 Å². The lowest BCUT2D eigenvalue weighted by Gasteiger charge is -2.23. The summed E-state index contributed by atoms with van der Waals surface area (Å²) in [5.74, 6) is -0.292. The number of hydrogen-bond donors (Lipinski definition) is 1. The van der Waals surface area contributed by atoms with Crippen LogP contribution in [0.25, 0.3) is 0 Å². The van der Waals surface area contributed by atoms with Crippen LogP contribution in [0, 0.1) is 6.92 Å². The Morgan fingerprint density at radius 3 is 1.97 bits per heavy atom. The molecule has 1 atom stereocenters. The highest BCUT2D eigenvalue weighted by Gasteiger charge is 2.26. The van der Waals surface area contributed by atoms with Gasteiger partial charge in [0.1, 0.15) is 0 Å². The summed E-state index contributed by atoms with van der Waals surface area (Å²) in [5, 5.41) is 2.97. The molecule has 0 unspecified atom stereocenters. The van der Waals surface area contributed by atoms with E-state index in [0.29, 0.717) is 6.42 Å². The van der Waals surface area contributed by atoms with Crippen LogP contribution in [0.1, 0.15) is 30.0 Å². The molecular weight excluding hydrogens is 432 g/mol. The Bertz CT molecular complexity index is 1120. The van der Waals surface area contributed by atoms with Crippen LogP contribution in [0.3, 0.4) is 0 Å². The molecule has 0 aliphatic rings. The second-order valence-corrected chi connectivity index (χ2v) is 10.3. The summed E-state index contributed by atoms with van der Waals surface area (Å²) < 4.78 is 28.0. The van der Waals surface area contributed by atoms with E-state index in [1.807, 2.05) is 62.4 Å². The fourth-order valence-electron chi connectivity index (χ4n) is 3.62. The van der Waals surface area contributed by atoms with Gasteiger partial charge in [0.25, 0.3) is 0 Å². The van der Waals surface area contributed by atoms with Crippen molar-refractivity contribution in [3.63, 3.8) is 0 Å². The minimum Gasteiger partial charge on any atom is -0.352 e. The van der Waals surface area contributed by atoms with Crippen LogP contribution in [0.4, 0.5) is 0 Å². The zero-order chi connectivity index (χ0) is 23.7. The molecule has 0 bridgehead atoms. The first-order valence-corrected chi connectivity index (χ1v) is 12.7. The predicted octanol–water partition coefficient (Wildman–Crippen LogP) is 4.37. The Balaban J connectivity index is 1.67. The first-order chi connectivity index (χ1) is 15.8. The highest BCUT2D eigenvalue weighted by molar-refractivity contribution is 7.89. The smallest absolute Gasteiger partial charge is 0.243 e. The van der Waals surface area contributed by atoms with Gasteiger partial charge in [0.15, 0.2) is 0 Å². The van der Waals surface area contributed by atoms with Crippen LogP contribution in [0.5, 0.6) is 0 Å². The molecule has 3 aromatic carbocycles. The van der Waals surface area contributed by atoms with Crippen molar-refractivity contribution < 1.29 is 13.2 Å². The summed E-state index contributed by atoms with van der Waals surface area (Å²) in [4.78, 5) is 13.0. The van der Waals surface area contributed by atoms with Gasteiger partial charge >= 0.3 is 0 Å². The summed E-state index contributed by atoms with van der Waals surface area (Å²) in [6.07, 6.45) is 2.16. The largest absolute Gasteiger partial charge is 0.352 e. The molecule has 0 radical (unpaired) electrons. The first-order valence-electron chi connectivity index (χ1n) is 11.3. The molecule has 0 aliphatic heterocycles. The summed E-state index contributed by atoms with van der Waals surface area (Å²) >= 11 is 0. The van der Waals surface area contributed by atoms with E-state index in [0.717, 1.165) is 24.0 Å². The van der Waals surface area contributed by atoms with Gasteiger partial charge < -0.3 is 5.32 Å². The number of amides is 1. The topological polar surface area (TPSA) is 66.5 Å². The lowest BCUT2D eigenvalue weighted by Crippen LogP contribution is -2.44. The van der Waals surface area contributed by atoms with Gasteiger partial charge in [-0.1, -0.05) is 78.4 Å². The second-order valence-electron chi connectivity index (χ2n) is 8.38. The molecule has 6 heteroatoms. The molecule has 174 valence electrons. The van der Waals surface area contributed by atoms with Gasteiger partial charge in [0.2, 0.25) is 15.9 Å². The molecule has 0 aromatic heterocycles. The fraction of sp³-hybridized carbons (Fsp3) is 0.296. The molecule has 33 heavy (non-hydrogen) atoms. The average molecular weight is 465 g/mol. The maximum atomic E-state index is 13.3. The number of aryl methyl sites for hydroxylation is 2. The number of benzene rings is 3. The molecule has 0 saturated carbocycles.